The number of anilines is 1. The molecule has 1 fully saturated rings. The first-order valence-electron chi connectivity index (χ1n) is 9.11. The van der Waals surface area contributed by atoms with Crippen molar-refractivity contribution in [2.45, 2.75) is 0 Å². The minimum atomic E-state index is -0.432. The highest BCUT2D eigenvalue weighted by molar-refractivity contribution is 6.36. The van der Waals surface area contributed by atoms with Gasteiger partial charge in [-0.05, 0) is 29.7 Å². The number of halogens is 2. The lowest BCUT2D eigenvalue weighted by molar-refractivity contribution is -0.384. The number of hydrogen-bond donors (Lipinski definition) is 0. The van der Waals surface area contributed by atoms with Gasteiger partial charge in [0.05, 0.1) is 4.92 Å². The van der Waals surface area contributed by atoms with Crippen LogP contribution in [0.15, 0.2) is 54.6 Å². The highest BCUT2D eigenvalue weighted by Crippen LogP contribution is 2.32. The van der Waals surface area contributed by atoms with E-state index in [1.807, 2.05) is 29.2 Å². The summed E-state index contributed by atoms with van der Waals surface area (Å²) in [6.07, 6.45) is 0. The molecule has 1 heterocycles. The van der Waals surface area contributed by atoms with Crippen LogP contribution >= 0.6 is 23.2 Å². The molecule has 0 unspecified atom stereocenters. The number of hydrogen-bond acceptors (Lipinski definition) is 4. The maximum atomic E-state index is 13.1. The Bertz CT molecular complexity index is 1110. The van der Waals surface area contributed by atoms with Crippen LogP contribution in [0.1, 0.15) is 10.4 Å². The zero-order chi connectivity index (χ0) is 20.5. The molecule has 4 rings (SSSR count). The maximum Gasteiger partial charge on any atom is 0.294 e. The summed E-state index contributed by atoms with van der Waals surface area (Å²) < 4.78 is 0. The molecule has 0 aromatic heterocycles. The third-order valence-corrected chi connectivity index (χ3v) is 5.71. The van der Waals surface area contributed by atoms with E-state index in [9.17, 15) is 14.9 Å². The topological polar surface area (TPSA) is 66.7 Å². The van der Waals surface area contributed by atoms with Crippen molar-refractivity contribution < 1.29 is 9.72 Å². The maximum absolute atomic E-state index is 13.1. The Kier molecular flexibility index (Phi) is 5.30. The molecule has 3 aromatic rings. The van der Waals surface area contributed by atoms with Gasteiger partial charge in [-0.25, -0.2) is 0 Å². The second-order valence-electron chi connectivity index (χ2n) is 6.81. The van der Waals surface area contributed by atoms with Crippen molar-refractivity contribution >= 4 is 51.3 Å². The largest absolute Gasteiger partial charge is 0.362 e. The van der Waals surface area contributed by atoms with Crippen LogP contribution in [0.3, 0.4) is 0 Å². The van der Waals surface area contributed by atoms with Crippen LogP contribution < -0.4 is 4.90 Å². The molecular weight excluding hydrogens is 413 g/mol. The molecule has 0 atom stereocenters. The van der Waals surface area contributed by atoms with Crippen LogP contribution in [-0.2, 0) is 0 Å². The fourth-order valence-corrected chi connectivity index (χ4v) is 4.09. The molecule has 1 amide bonds. The van der Waals surface area contributed by atoms with Crippen LogP contribution in [0.2, 0.25) is 10.0 Å². The molecule has 0 aliphatic carbocycles. The second-order valence-corrected chi connectivity index (χ2v) is 7.65. The standard InChI is InChI=1S/C21H17Cl2N3O3/c22-14-7-8-19(20(13-14)26(28)29)24-9-11-25(12-10-24)21(27)17-5-1-4-16-15(17)3-2-6-18(16)23/h1-8,13H,9-12H2. The van der Waals surface area contributed by atoms with Gasteiger partial charge in [-0.1, -0.05) is 47.5 Å². The van der Waals surface area contributed by atoms with Crippen molar-refractivity contribution in [1.82, 2.24) is 4.90 Å². The van der Waals surface area contributed by atoms with Gasteiger partial charge in [-0.15, -0.1) is 0 Å². The third kappa shape index (κ3) is 3.73. The van der Waals surface area contributed by atoms with E-state index in [2.05, 4.69) is 0 Å². The van der Waals surface area contributed by atoms with Gasteiger partial charge in [-0.3, -0.25) is 14.9 Å². The van der Waals surface area contributed by atoms with Crippen molar-refractivity contribution in [3.05, 3.63) is 80.3 Å². The minimum absolute atomic E-state index is 0.0269. The van der Waals surface area contributed by atoms with Crippen LogP contribution in [0.5, 0.6) is 0 Å². The normalized spacial score (nSPS) is 14.3. The highest BCUT2D eigenvalue weighted by Gasteiger charge is 2.27. The second kappa shape index (κ2) is 7.89. The average molecular weight is 430 g/mol. The van der Waals surface area contributed by atoms with Gasteiger partial charge >= 0.3 is 0 Å². The molecule has 29 heavy (non-hydrogen) atoms. The minimum Gasteiger partial charge on any atom is -0.362 e. The quantitative estimate of drug-likeness (QED) is 0.433. The number of piperazine rings is 1. The predicted octanol–water partition coefficient (Wildman–Crippen LogP) is 5.02. The molecule has 6 nitrogen and oxygen atoms in total. The summed E-state index contributed by atoms with van der Waals surface area (Å²) in [6.45, 7) is 1.94. The van der Waals surface area contributed by atoms with Gasteiger partial charge in [-0.2, -0.15) is 0 Å². The van der Waals surface area contributed by atoms with Crippen molar-refractivity contribution in [1.29, 1.82) is 0 Å². The molecule has 0 spiro atoms. The number of rotatable bonds is 3. The zero-order valence-corrected chi connectivity index (χ0v) is 16.9. The van der Waals surface area contributed by atoms with Gasteiger partial charge in [0.15, 0.2) is 0 Å². The fourth-order valence-electron chi connectivity index (χ4n) is 3.69. The molecule has 0 saturated carbocycles. The summed E-state index contributed by atoms with van der Waals surface area (Å²) in [5, 5.41) is 14.0. The summed E-state index contributed by atoms with van der Waals surface area (Å²) in [7, 11) is 0. The van der Waals surface area contributed by atoms with Crippen molar-refractivity contribution in [3.63, 3.8) is 0 Å². The van der Waals surface area contributed by atoms with Crippen LogP contribution in [0, 0.1) is 10.1 Å². The Labute approximate surface area is 177 Å². The van der Waals surface area contributed by atoms with Gasteiger partial charge in [0.2, 0.25) is 0 Å². The number of nitro groups is 1. The average Bonchev–Trinajstić information content (AvgIpc) is 2.73. The van der Waals surface area contributed by atoms with E-state index in [-0.39, 0.29) is 11.6 Å². The Morgan fingerprint density at radius 2 is 1.62 bits per heavy atom. The molecule has 3 aromatic carbocycles. The SMILES string of the molecule is O=C(c1cccc2c(Cl)cccc12)N1CCN(c2ccc(Cl)cc2[N+](=O)[O-])CC1. The van der Waals surface area contributed by atoms with E-state index >= 15 is 0 Å². The van der Waals surface area contributed by atoms with E-state index in [1.165, 1.54) is 6.07 Å². The molecule has 8 heteroatoms. The number of benzene rings is 3. The monoisotopic (exact) mass is 429 g/mol. The van der Waals surface area contributed by atoms with Crippen molar-refractivity contribution in [3.8, 4) is 0 Å². The van der Waals surface area contributed by atoms with Gasteiger partial charge in [0.25, 0.3) is 11.6 Å². The van der Waals surface area contributed by atoms with Gasteiger partial charge in [0, 0.05) is 53.2 Å². The van der Waals surface area contributed by atoms with Crippen LogP contribution in [-0.4, -0.2) is 41.9 Å². The summed E-state index contributed by atoms with van der Waals surface area (Å²) in [6, 6.07) is 15.7. The Hall–Kier alpha value is -2.83. The van der Waals surface area contributed by atoms with Crippen LogP contribution in [0.4, 0.5) is 11.4 Å². The van der Waals surface area contributed by atoms with E-state index in [0.29, 0.717) is 47.5 Å². The fraction of sp³-hybridized carbons (Fsp3) is 0.190. The molecule has 1 aliphatic heterocycles. The Balaban J connectivity index is 1.55. The number of carbonyl (C=O) groups excluding carboxylic acids is 1. The van der Waals surface area contributed by atoms with Crippen molar-refractivity contribution in [2.24, 2.45) is 0 Å². The number of nitrogens with zero attached hydrogens (tertiary/aromatic N) is 3. The summed E-state index contributed by atoms with van der Waals surface area (Å²) in [5.74, 6) is -0.0666. The molecular formula is C21H17Cl2N3O3. The lowest BCUT2D eigenvalue weighted by Gasteiger charge is -2.36. The van der Waals surface area contributed by atoms with E-state index in [0.717, 1.165) is 10.8 Å². The first-order chi connectivity index (χ1) is 14.0. The smallest absolute Gasteiger partial charge is 0.294 e. The van der Waals surface area contributed by atoms with Crippen LogP contribution in [0.25, 0.3) is 10.8 Å². The Morgan fingerprint density at radius 3 is 2.34 bits per heavy atom. The number of nitro benzene ring substituents is 1. The summed E-state index contributed by atoms with van der Waals surface area (Å²) in [4.78, 5) is 27.8. The highest BCUT2D eigenvalue weighted by atomic mass is 35.5. The van der Waals surface area contributed by atoms with E-state index in [4.69, 9.17) is 23.2 Å². The van der Waals surface area contributed by atoms with E-state index < -0.39 is 4.92 Å². The number of amides is 1. The first-order valence-corrected chi connectivity index (χ1v) is 9.86. The predicted molar refractivity (Wildman–Crippen MR) is 115 cm³/mol. The Morgan fingerprint density at radius 1 is 0.931 bits per heavy atom. The number of fused-ring (bicyclic) bond motifs is 1. The van der Waals surface area contributed by atoms with E-state index in [1.54, 1.807) is 29.2 Å². The first kappa shape index (κ1) is 19.5. The van der Waals surface area contributed by atoms with Gasteiger partial charge < -0.3 is 9.80 Å². The molecule has 0 N–H and O–H groups in total. The molecule has 0 bridgehead atoms. The van der Waals surface area contributed by atoms with Crippen molar-refractivity contribution in [2.75, 3.05) is 31.1 Å². The number of carbonyl (C=O) groups is 1. The molecule has 1 saturated heterocycles. The zero-order valence-electron chi connectivity index (χ0n) is 15.3. The molecule has 0 radical (unpaired) electrons. The summed E-state index contributed by atoms with van der Waals surface area (Å²) in [5.41, 5.74) is 1.10. The summed E-state index contributed by atoms with van der Waals surface area (Å²) >= 11 is 12.2. The van der Waals surface area contributed by atoms with Gasteiger partial charge in [0.1, 0.15) is 5.69 Å². The third-order valence-electron chi connectivity index (χ3n) is 5.14. The lowest BCUT2D eigenvalue weighted by Crippen LogP contribution is -2.49. The molecule has 148 valence electrons. The molecule has 1 aliphatic rings. The lowest BCUT2D eigenvalue weighted by atomic mass is 10.0.